The average Bonchev–Trinajstić information content (AvgIpc) is 2.55. The second-order valence-corrected chi connectivity index (χ2v) is 5.31. The van der Waals surface area contributed by atoms with Crippen molar-refractivity contribution in [2.75, 3.05) is 7.11 Å². The summed E-state index contributed by atoms with van der Waals surface area (Å²) >= 11 is 0. The van der Waals surface area contributed by atoms with E-state index < -0.39 is 12.5 Å². The molecule has 0 amide bonds. The van der Waals surface area contributed by atoms with Crippen LogP contribution < -0.4 is 5.32 Å². The van der Waals surface area contributed by atoms with Crippen molar-refractivity contribution in [3.05, 3.63) is 41.1 Å². The van der Waals surface area contributed by atoms with E-state index in [9.17, 15) is 22.5 Å². The molecule has 4 nitrogen and oxygen atoms in total. The lowest BCUT2D eigenvalue weighted by Crippen LogP contribution is -2.29. The van der Waals surface area contributed by atoms with Crippen molar-refractivity contribution in [2.24, 2.45) is 0 Å². The van der Waals surface area contributed by atoms with Crippen molar-refractivity contribution in [3.63, 3.8) is 0 Å². The summed E-state index contributed by atoms with van der Waals surface area (Å²) in [5, 5.41) is 3.26. The summed E-state index contributed by atoms with van der Waals surface area (Å²) in [4.78, 5) is 16.3. The molecule has 24 heavy (non-hydrogen) atoms. The van der Waals surface area contributed by atoms with Gasteiger partial charge in [-0.25, -0.2) is 9.23 Å². The Labute approximate surface area is 138 Å². The van der Waals surface area contributed by atoms with Gasteiger partial charge in [0, 0.05) is 29.4 Å². The summed E-state index contributed by atoms with van der Waals surface area (Å²) in [5.74, 6) is -0.397. The van der Waals surface area contributed by atoms with Gasteiger partial charge >= 0.3 is 12.4 Å². The number of rotatable bonds is 5. The molecule has 1 aliphatic rings. The molecule has 8 heteroatoms. The van der Waals surface area contributed by atoms with E-state index in [2.05, 4.69) is 16.7 Å². The number of nitrogens with one attached hydrogen (secondary N) is 1. The van der Waals surface area contributed by atoms with Gasteiger partial charge in [-0.3, -0.25) is 0 Å². The maximum Gasteiger partial charge on any atom is 0.379 e. The average molecular weight is 349 g/mol. The standard InChI is InChI=1S/C15H20FN2O2.CHF3/c1-11(17-12-6-4-3-5-7-12)14-10-13(18(19)20-2)8-9-15(14)16;2-1(3)4/h8-10,12,17H,1,3-7H2,2H3;1H/q+1;. The van der Waals surface area contributed by atoms with Gasteiger partial charge in [-0.15, -0.1) is 0 Å². The van der Waals surface area contributed by atoms with E-state index in [1.54, 1.807) is 0 Å². The SMILES string of the molecule is C=C(NC1CCCCC1)c1cc([N+](=O)OC)ccc1F.FC(F)F. The van der Waals surface area contributed by atoms with Gasteiger partial charge < -0.3 is 5.32 Å². The predicted octanol–water partition coefficient (Wildman–Crippen LogP) is 4.87. The monoisotopic (exact) mass is 349 g/mol. The van der Waals surface area contributed by atoms with Crippen LogP contribution in [0.3, 0.4) is 0 Å². The fourth-order valence-corrected chi connectivity index (χ4v) is 2.53. The van der Waals surface area contributed by atoms with Crippen LogP contribution >= 0.6 is 0 Å². The number of hydrogen-bond acceptors (Lipinski definition) is 3. The normalized spacial score (nSPS) is 14.6. The Bertz CT molecular complexity index is 558. The van der Waals surface area contributed by atoms with Crippen molar-refractivity contribution in [1.29, 1.82) is 0 Å². The Balaban J connectivity index is 0.000000648. The summed E-state index contributed by atoms with van der Waals surface area (Å²) in [6.07, 6.45) is 5.78. The quantitative estimate of drug-likeness (QED) is 0.609. The van der Waals surface area contributed by atoms with Crippen molar-refractivity contribution in [1.82, 2.24) is 5.32 Å². The highest BCUT2D eigenvalue weighted by Crippen LogP contribution is 2.24. The molecule has 0 atom stereocenters. The zero-order valence-electron chi connectivity index (χ0n) is 13.4. The van der Waals surface area contributed by atoms with Crippen molar-refractivity contribution in [2.45, 2.75) is 44.8 Å². The predicted molar refractivity (Wildman–Crippen MR) is 82.9 cm³/mol. The lowest BCUT2D eigenvalue weighted by atomic mass is 9.95. The topological polar surface area (TPSA) is 41.3 Å². The van der Waals surface area contributed by atoms with Crippen LogP contribution in [0.1, 0.15) is 37.7 Å². The van der Waals surface area contributed by atoms with Crippen molar-refractivity contribution in [3.8, 4) is 0 Å². The van der Waals surface area contributed by atoms with Crippen LogP contribution in [-0.4, -0.2) is 24.8 Å². The molecule has 0 aromatic heterocycles. The second-order valence-electron chi connectivity index (χ2n) is 5.31. The van der Waals surface area contributed by atoms with E-state index in [1.807, 2.05) is 0 Å². The molecule has 0 radical (unpaired) electrons. The zero-order valence-corrected chi connectivity index (χ0v) is 13.4. The molecule has 134 valence electrons. The van der Waals surface area contributed by atoms with Crippen molar-refractivity contribution < 1.29 is 27.3 Å². The molecule has 1 aromatic rings. The fraction of sp³-hybridized carbons (Fsp3) is 0.500. The molecule has 0 saturated heterocycles. The number of nitrogens with zero attached hydrogens (tertiary/aromatic N) is 1. The largest absolute Gasteiger partial charge is 0.382 e. The van der Waals surface area contributed by atoms with E-state index in [0.717, 1.165) is 12.8 Å². The molecule has 0 spiro atoms. The van der Waals surface area contributed by atoms with Gasteiger partial charge in [0.2, 0.25) is 0 Å². The molecule has 0 aliphatic heterocycles. The molecule has 0 unspecified atom stereocenters. The van der Waals surface area contributed by atoms with Crippen LogP contribution in [0.5, 0.6) is 0 Å². The highest BCUT2D eigenvalue weighted by atomic mass is 19.4. The van der Waals surface area contributed by atoms with Crippen LogP contribution in [0.4, 0.5) is 23.2 Å². The third-order valence-corrected chi connectivity index (χ3v) is 3.64. The third-order valence-electron chi connectivity index (χ3n) is 3.64. The van der Waals surface area contributed by atoms with Gasteiger partial charge in [0.25, 0.3) is 4.92 Å². The number of benzene rings is 1. The first-order chi connectivity index (χ1) is 11.3. The van der Waals surface area contributed by atoms with Crippen LogP contribution in [-0.2, 0) is 4.84 Å². The van der Waals surface area contributed by atoms with E-state index in [-0.39, 0.29) is 5.69 Å². The molecule has 0 heterocycles. The van der Waals surface area contributed by atoms with Crippen LogP contribution in [0.25, 0.3) is 5.70 Å². The number of alkyl halides is 3. The molecule has 1 saturated carbocycles. The van der Waals surface area contributed by atoms with Gasteiger partial charge in [-0.2, -0.15) is 13.2 Å². The minimum Gasteiger partial charge on any atom is -0.382 e. The Morgan fingerprint density at radius 3 is 2.42 bits per heavy atom. The second kappa shape index (κ2) is 9.89. The highest BCUT2D eigenvalue weighted by Gasteiger charge is 2.20. The van der Waals surface area contributed by atoms with E-state index in [1.165, 1.54) is 44.6 Å². The maximum absolute atomic E-state index is 13.9. The van der Waals surface area contributed by atoms with E-state index >= 15 is 0 Å². The smallest absolute Gasteiger partial charge is 0.379 e. The molecule has 1 aliphatic carbocycles. The summed E-state index contributed by atoms with van der Waals surface area (Å²) in [6.45, 7) is 0.227. The van der Waals surface area contributed by atoms with Gasteiger partial charge in [0.15, 0.2) is 7.11 Å². The Morgan fingerprint density at radius 2 is 1.88 bits per heavy atom. The minimum absolute atomic E-state index is 0.246. The first-order valence-electron chi connectivity index (χ1n) is 7.54. The van der Waals surface area contributed by atoms with Crippen LogP contribution in [0.15, 0.2) is 24.8 Å². The molecular formula is C16H21F4N2O2+. The lowest BCUT2D eigenvalue weighted by molar-refractivity contribution is -0.736. The van der Waals surface area contributed by atoms with Gasteiger partial charge in [-0.1, -0.05) is 25.8 Å². The number of hydrogen-bond donors (Lipinski definition) is 1. The Hall–Kier alpha value is -2.12. The summed E-state index contributed by atoms with van der Waals surface area (Å²) in [7, 11) is 1.27. The van der Waals surface area contributed by atoms with E-state index in [0.29, 0.717) is 22.2 Å². The maximum atomic E-state index is 13.9. The van der Waals surface area contributed by atoms with Gasteiger partial charge in [-0.05, 0) is 18.9 Å². The third kappa shape index (κ3) is 6.55. The molecule has 1 aromatic carbocycles. The van der Waals surface area contributed by atoms with Crippen LogP contribution in [0.2, 0.25) is 0 Å². The first kappa shape index (κ1) is 19.9. The van der Waals surface area contributed by atoms with Gasteiger partial charge in [0.05, 0.1) is 4.91 Å². The minimum atomic E-state index is -3.67. The fourth-order valence-electron chi connectivity index (χ4n) is 2.53. The first-order valence-corrected chi connectivity index (χ1v) is 7.54. The molecular weight excluding hydrogens is 328 g/mol. The zero-order chi connectivity index (χ0) is 18.1. The Morgan fingerprint density at radius 1 is 1.29 bits per heavy atom. The lowest BCUT2D eigenvalue weighted by Gasteiger charge is -2.25. The summed E-state index contributed by atoms with van der Waals surface area (Å²) < 4.78 is 42.9. The molecule has 2 rings (SSSR count). The molecule has 1 N–H and O–H groups in total. The summed E-state index contributed by atoms with van der Waals surface area (Å²) in [6, 6.07) is 4.42. The van der Waals surface area contributed by atoms with Crippen molar-refractivity contribution >= 4 is 11.4 Å². The summed E-state index contributed by atoms with van der Waals surface area (Å²) in [5.41, 5.74) is 1.07. The molecule has 1 fully saturated rings. The van der Waals surface area contributed by atoms with Gasteiger partial charge in [0.1, 0.15) is 5.82 Å². The van der Waals surface area contributed by atoms with E-state index in [4.69, 9.17) is 0 Å². The Kier molecular flexibility index (Phi) is 8.21. The highest BCUT2D eigenvalue weighted by molar-refractivity contribution is 5.64. The van der Waals surface area contributed by atoms with Crippen LogP contribution in [0, 0.1) is 10.7 Å². The molecule has 0 bridgehead atoms. The number of halogens is 4.